The number of morpholine rings is 1. The summed E-state index contributed by atoms with van der Waals surface area (Å²) in [6, 6.07) is 8.66. The molecule has 2 heterocycles. The van der Waals surface area contributed by atoms with Crippen LogP contribution in [-0.4, -0.2) is 35.5 Å². The quantitative estimate of drug-likeness (QED) is 0.654. The minimum Gasteiger partial charge on any atom is -0.459 e. The summed E-state index contributed by atoms with van der Waals surface area (Å²) in [6.45, 7) is 0.532. The van der Waals surface area contributed by atoms with Crippen molar-refractivity contribution in [3.63, 3.8) is 0 Å². The summed E-state index contributed by atoms with van der Waals surface area (Å²) >= 11 is 0. The fourth-order valence-corrected chi connectivity index (χ4v) is 2.32. The lowest BCUT2D eigenvalue weighted by atomic mass is 10.2. The van der Waals surface area contributed by atoms with E-state index in [0.29, 0.717) is 18.5 Å². The molecule has 0 spiro atoms. The van der Waals surface area contributed by atoms with Gasteiger partial charge in [-0.1, -0.05) is 18.2 Å². The Kier molecular flexibility index (Phi) is 1.96. The van der Waals surface area contributed by atoms with Crippen molar-refractivity contribution < 1.29 is 14.3 Å². The maximum atomic E-state index is 12.1. The van der Waals surface area contributed by atoms with Gasteiger partial charge in [-0.05, 0) is 12.1 Å². The normalized spacial score (nSPS) is 27.0. The zero-order valence-electron chi connectivity index (χ0n) is 8.63. The first kappa shape index (κ1) is 9.39. The van der Waals surface area contributed by atoms with Gasteiger partial charge in [0.05, 0.1) is 6.54 Å². The molecule has 16 heavy (non-hydrogen) atoms. The van der Waals surface area contributed by atoms with E-state index >= 15 is 0 Å². The Hall–Kier alpha value is -1.84. The first-order valence-corrected chi connectivity index (χ1v) is 5.32. The van der Waals surface area contributed by atoms with Crippen LogP contribution in [0.3, 0.4) is 0 Å². The molecule has 4 heteroatoms. The van der Waals surface area contributed by atoms with Crippen molar-refractivity contribution >= 4 is 11.9 Å². The SMILES string of the molecule is O=C1O[C@@H]2C[C@H]1N(C(=O)c1ccccc1)C2. The van der Waals surface area contributed by atoms with Crippen LogP contribution < -0.4 is 0 Å². The Morgan fingerprint density at radius 1 is 1.31 bits per heavy atom. The Balaban J connectivity index is 1.85. The van der Waals surface area contributed by atoms with E-state index in [4.69, 9.17) is 4.74 Å². The molecule has 0 aliphatic carbocycles. The van der Waals surface area contributed by atoms with Crippen molar-refractivity contribution in [1.29, 1.82) is 0 Å². The van der Waals surface area contributed by atoms with Gasteiger partial charge in [0.1, 0.15) is 12.1 Å². The highest BCUT2D eigenvalue weighted by Gasteiger charge is 2.48. The number of rotatable bonds is 1. The van der Waals surface area contributed by atoms with E-state index in [1.165, 1.54) is 0 Å². The predicted octanol–water partition coefficient (Wildman–Crippen LogP) is 0.826. The number of amides is 1. The van der Waals surface area contributed by atoms with Gasteiger partial charge < -0.3 is 9.64 Å². The van der Waals surface area contributed by atoms with E-state index in [1.54, 1.807) is 17.0 Å². The van der Waals surface area contributed by atoms with Crippen molar-refractivity contribution in [3.8, 4) is 0 Å². The third-order valence-electron chi connectivity index (χ3n) is 3.10. The number of esters is 1. The van der Waals surface area contributed by atoms with Crippen LogP contribution in [0.2, 0.25) is 0 Å². The number of ether oxygens (including phenoxy) is 1. The number of hydrogen-bond donors (Lipinski definition) is 0. The number of carbonyl (C=O) groups is 2. The highest BCUT2D eigenvalue weighted by Crippen LogP contribution is 2.30. The summed E-state index contributed by atoms with van der Waals surface area (Å²) in [5, 5.41) is 0. The average Bonchev–Trinajstić information content (AvgIpc) is 2.88. The van der Waals surface area contributed by atoms with E-state index in [0.717, 1.165) is 0 Å². The van der Waals surface area contributed by atoms with Gasteiger partial charge in [0.25, 0.3) is 5.91 Å². The first-order chi connectivity index (χ1) is 7.75. The van der Waals surface area contributed by atoms with Gasteiger partial charge in [-0.3, -0.25) is 4.79 Å². The Morgan fingerprint density at radius 2 is 2.06 bits per heavy atom. The molecule has 2 aliphatic rings. The fourth-order valence-electron chi connectivity index (χ4n) is 2.32. The topological polar surface area (TPSA) is 46.6 Å². The van der Waals surface area contributed by atoms with Gasteiger partial charge >= 0.3 is 5.97 Å². The molecule has 2 bridgehead atoms. The van der Waals surface area contributed by atoms with Crippen LogP contribution in [0.15, 0.2) is 30.3 Å². The molecule has 2 aliphatic heterocycles. The number of carbonyl (C=O) groups excluding carboxylic acids is 2. The van der Waals surface area contributed by atoms with Crippen LogP contribution in [0.4, 0.5) is 0 Å². The van der Waals surface area contributed by atoms with Gasteiger partial charge in [-0.2, -0.15) is 0 Å². The number of likely N-dealkylation sites (tertiary alicyclic amines) is 1. The lowest BCUT2D eigenvalue weighted by Gasteiger charge is -2.25. The smallest absolute Gasteiger partial charge is 0.329 e. The van der Waals surface area contributed by atoms with Crippen molar-refractivity contribution in [3.05, 3.63) is 35.9 Å². The van der Waals surface area contributed by atoms with Crippen molar-refractivity contribution in [2.45, 2.75) is 18.6 Å². The van der Waals surface area contributed by atoms with E-state index in [1.807, 2.05) is 18.2 Å². The average molecular weight is 217 g/mol. The molecule has 1 aromatic carbocycles. The molecular formula is C12H11NO3. The summed E-state index contributed by atoms with van der Waals surface area (Å²) < 4.78 is 5.04. The number of nitrogens with zero attached hydrogens (tertiary/aromatic N) is 1. The summed E-state index contributed by atoms with van der Waals surface area (Å²) in [5.74, 6) is -0.342. The highest BCUT2D eigenvalue weighted by atomic mass is 16.6. The first-order valence-electron chi connectivity index (χ1n) is 5.32. The van der Waals surface area contributed by atoms with Gasteiger partial charge in [-0.25, -0.2) is 4.79 Å². The predicted molar refractivity (Wildman–Crippen MR) is 55.8 cm³/mol. The molecular weight excluding hydrogens is 206 g/mol. The molecule has 2 fully saturated rings. The molecule has 82 valence electrons. The number of hydrogen-bond acceptors (Lipinski definition) is 3. The number of fused-ring (bicyclic) bond motifs is 2. The van der Waals surface area contributed by atoms with E-state index in [-0.39, 0.29) is 24.0 Å². The molecule has 0 unspecified atom stereocenters. The second kappa shape index (κ2) is 3.33. The van der Waals surface area contributed by atoms with Crippen LogP contribution in [0, 0.1) is 0 Å². The minimum atomic E-state index is -0.363. The zero-order chi connectivity index (χ0) is 11.1. The lowest BCUT2D eigenvalue weighted by molar-refractivity contribution is -0.149. The van der Waals surface area contributed by atoms with Crippen LogP contribution in [0.5, 0.6) is 0 Å². The van der Waals surface area contributed by atoms with Gasteiger partial charge in [0, 0.05) is 12.0 Å². The Morgan fingerprint density at radius 3 is 2.69 bits per heavy atom. The van der Waals surface area contributed by atoms with Crippen LogP contribution in [-0.2, 0) is 9.53 Å². The summed E-state index contributed by atoms with van der Waals surface area (Å²) in [7, 11) is 0. The summed E-state index contributed by atoms with van der Waals surface area (Å²) in [5.41, 5.74) is 0.628. The second-order valence-electron chi connectivity index (χ2n) is 4.13. The van der Waals surface area contributed by atoms with E-state index in [2.05, 4.69) is 0 Å². The molecule has 0 saturated carbocycles. The molecule has 3 rings (SSSR count). The maximum Gasteiger partial charge on any atom is 0.329 e. The standard InChI is InChI=1S/C12H11NO3/c14-11(8-4-2-1-3-5-8)13-7-9-6-10(13)12(15)16-9/h1-5,9-10H,6-7H2/t9-,10-/m1/s1. The second-order valence-corrected chi connectivity index (χ2v) is 4.13. The van der Waals surface area contributed by atoms with Crippen LogP contribution in [0.1, 0.15) is 16.8 Å². The van der Waals surface area contributed by atoms with Crippen molar-refractivity contribution in [2.24, 2.45) is 0 Å². The minimum absolute atomic E-state index is 0.0789. The van der Waals surface area contributed by atoms with Crippen molar-refractivity contribution in [2.75, 3.05) is 6.54 Å². The van der Waals surface area contributed by atoms with E-state index < -0.39 is 0 Å². The Labute approximate surface area is 92.8 Å². The molecule has 0 aromatic heterocycles. The zero-order valence-corrected chi connectivity index (χ0v) is 8.63. The summed E-state index contributed by atoms with van der Waals surface area (Å²) in [6.07, 6.45) is 0.558. The third-order valence-corrected chi connectivity index (χ3v) is 3.10. The Bertz CT molecular complexity index is 443. The monoisotopic (exact) mass is 217 g/mol. The molecule has 1 amide bonds. The highest BCUT2D eigenvalue weighted by molar-refractivity contribution is 5.98. The van der Waals surface area contributed by atoms with E-state index in [9.17, 15) is 9.59 Å². The molecule has 4 nitrogen and oxygen atoms in total. The van der Waals surface area contributed by atoms with Crippen LogP contribution in [0.25, 0.3) is 0 Å². The van der Waals surface area contributed by atoms with Crippen LogP contribution >= 0.6 is 0 Å². The van der Waals surface area contributed by atoms with Gasteiger partial charge in [-0.15, -0.1) is 0 Å². The largest absolute Gasteiger partial charge is 0.459 e. The van der Waals surface area contributed by atoms with Crippen molar-refractivity contribution in [1.82, 2.24) is 4.90 Å². The summed E-state index contributed by atoms with van der Waals surface area (Å²) in [4.78, 5) is 25.1. The molecule has 0 radical (unpaired) electrons. The lowest BCUT2D eigenvalue weighted by Crippen LogP contribution is -2.44. The fraction of sp³-hybridized carbons (Fsp3) is 0.333. The molecule has 2 atom stereocenters. The third kappa shape index (κ3) is 1.30. The molecule has 2 saturated heterocycles. The molecule has 0 N–H and O–H groups in total. The van der Waals surface area contributed by atoms with Gasteiger partial charge in [0.15, 0.2) is 0 Å². The maximum absolute atomic E-state index is 12.1. The van der Waals surface area contributed by atoms with Gasteiger partial charge in [0.2, 0.25) is 0 Å². The molecule has 1 aromatic rings. The number of benzene rings is 1.